The van der Waals surface area contributed by atoms with E-state index in [2.05, 4.69) is 5.32 Å². The molecule has 0 radical (unpaired) electrons. The Hall–Kier alpha value is -4.06. The Morgan fingerprint density at radius 3 is 2.37 bits per heavy atom. The fourth-order valence-electron chi connectivity index (χ4n) is 4.40. The fraction of sp³-hybridized carbons (Fsp3) is 0.448. The quantitative estimate of drug-likeness (QED) is 0.429. The molecule has 1 aliphatic heterocycles. The van der Waals surface area contributed by atoms with E-state index in [1.807, 2.05) is 52.8 Å². The Kier molecular flexibility index (Phi) is 9.00. The molecule has 0 fully saturated rings. The third kappa shape index (κ3) is 6.25. The average Bonchev–Trinajstić information content (AvgIpc) is 3.16. The van der Waals surface area contributed by atoms with E-state index in [1.54, 1.807) is 24.1 Å². The van der Waals surface area contributed by atoms with Crippen LogP contribution in [0, 0.1) is 16.7 Å². The highest BCUT2D eigenvalue weighted by atomic mass is 16.5. The maximum atomic E-state index is 13.5. The number of amidine groups is 1. The molecule has 1 amide bonds. The summed E-state index contributed by atoms with van der Waals surface area (Å²) in [5.41, 5.74) is 3.10. The molecule has 202 valence electrons. The number of likely N-dealkylation sites (N-methyl/N-ethyl adjacent to an activating group) is 1. The second kappa shape index (κ2) is 12.0. The van der Waals surface area contributed by atoms with Gasteiger partial charge in [0.2, 0.25) is 5.91 Å². The van der Waals surface area contributed by atoms with Crippen LogP contribution in [-0.4, -0.2) is 55.8 Å². The Labute approximate surface area is 224 Å². The number of ether oxygens (including phenoxy) is 3. The van der Waals surface area contributed by atoms with E-state index in [0.717, 1.165) is 11.1 Å². The van der Waals surface area contributed by atoms with Crippen LogP contribution in [0.2, 0.25) is 0 Å². The lowest BCUT2D eigenvalue weighted by molar-refractivity contribution is -0.119. The van der Waals surface area contributed by atoms with Crippen molar-refractivity contribution in [2.75, 3.05) is 33.4 Å². The second-order valence-corrected chi connectivity index (χ2v) is 10.0. The van der Waals surface area contributed by atoms with Crippen LogP contribution < -0.4 is 19.5 Å². The van der Waals surface area contributed by atoms with Crippen molar-refractivity contribution >= 4 is 17.5 Å². The number of ketones is 1. The maximum Gasteiger partial charge on any atom is 0.224 e. The molecule has 2 aromatic carbocycles. The third-order valence-electron chi connectivity index (χ3n) is 6.25. The van der Waals surface area contributed by atoms with Gasteiger partial charge >= 0.3 is 0 Å². The zero-order chi connectivity index (χ0) is 28.0. The maximum absolute atomic E-state index is 13.5. The summed E-state index contributed by atoms with van der Waals surface area (Å²) in [4.78, 5) is 27.3. The monoisotopic (exact) mass is 520 g/mol. The molecule has 0 saturated heterocycles. The molecule has 0 spiro atoms. The van der Waals surface area contributed by atoms with Crippen LogP contribution in [0.4, 0.5) is 0 Å². The van der Waals surface area contributed by atoms with Gasteiger partial charge in [0.1, 0.15) is 17.7 Å². The number of nitrogens with zero attached hydrogens (tertiary/aromatic N) is 2. The first-order chi connectivity index (χ1) is 18.0. The van der Waals surface area contributed by atoms with Gasteiger partial charge in [0.05, 0.1) is 26.2 Å². The molecule has 0 bridgehead atoms. The standard InChI is InChI=1S/C29H36N4O5/c1-7-36-24-14-20-16-33(28(31)21(20)11-19(24)15-26(35)32-6)17-23(34)18-12-22(29(3,4)5)27(38-10-9-30)25(13-18)37-8-2/h11-14,31H,7-8,10,15-17H2,1-6H3,(H,32,35). The third-order valence-corrected chi connectivity index (χ3v) is 6.25. The summed E-state index contributed by atoms with van der Waals surface area (Å²) in [6.07, 6.45) is 0.140. The van der Waals surface area contributed by atoms with Crippen LogP contribution in [0.25, 0.3) is 0 Å². The van der Waals surface area contributed by atoms with Crippen molar-refractivity contribution in [3.8, 4) is 23.3 Å². The predicted molar refractivity (Wildman–Crippen MR) is 144 cm³/mol. The molecule has 0 aromatic heterocycles. The van der Waals surface area contributed by atoms with E-state index in [-0.39, 0.29) is 42.5 Å². The number of Topliss-reactive ketones (excluding diaryl/α,β-unsaturated/α-hetero) is 1. The normalized spacial score (nSPS) is 12.6. The molecule has 1 aliphatic rings. The highest BCUT2D eigenvalue weighted by molar-refractivity contribution is 6.06. The predicted octanol–water partition coefficient (Wildman–Crippen LogP) is 4.00. The van der Waals surface area contributed by atoms with E-state index < -0.39 is 0 Å². The SMILES string of the molecule is CCOc1cc2c(cc1CC(=O)NC)C(=N)N(CC(=O)c1cc(OCC)c(OCC#N)c(C(C)(C)C)c1)C2. The summed E-state index contributed by atoms with van der Waals surface area (Å²) in [5.74, 6) is 1.40. The highest BCUT2D eigenvalue weighted by Gasteiger charge is 2.30. The molecule has 38 heavy (non-hydrogen) atoms. The van der Waals surface area contributed by atoms with Crippen molar-refractivity contribution in [1.82, 2.24) is 10.2 Å². The van der Waals surface area contributed by atoms with Gasteiger partial charge in [0, 0.05) is 35.8 Å². The average molecular weight is 521 g/mol. The molecular weight excluding hydrogens is 484 g/mol. The molecule has 2 aromatic rings. The second-order valence-electron chi connectivity index (χ2n) is 10.0. The Morgan fingerprint density at radius 2 is 1.76 bits per heavy atom. The lowest BCUT2D eigenvalue weighted by atomic mass is 9.84. The topological polar surface area (TPSA) is 125 Å². The van der Waals surface area contributed by atoms with Gasteiger partial charge in [-0.05, 0) is 49.1 Å². The van der Waals surface area contributed by atoms with Gasteiger partial charge in [0.15, 0.2) is 23.9 Å². The summed E-state index contributed by atoms with van der Waals surface area (Å²) in [6, 6.07) is 9.10. The number of nitriles is 1. The van der Waals surface area contributed by atoms with Crippen LogP contribution in [0.1, 0.15) is 67.2 Å². The number of nitrogens with one attached hydrogen (secondary N) is 2. The number of hydrogen-bond donors (Lipinski definition) is 2. The van der Waals surface area contributed by atoms with Gasteiger partial charge in [-0.25, -0.2) is 0 Å². The Bertz CT molecular complexity index is 1270. The molecule has 2 N–H and O–H groups in total. The van der Waals surface area contributed by atoms with E-state index >= 15 is 0 Å². The lowest BCUT2D eigenvalue weighted by Gasteiger charge is -2.25. The minimum absolute atomic E-state index is 0.00416. The van der Waals surface area contributed by atoms with Crippen molar-refractivity contribution < 1.29 is 23.8 Å². The van der Waals surface area contributed by atoms with Gasteiger partial charge in [0.25, 0.3) is 0 Å². The number of carbonyl (C=O) groups excluding carboxylic acids is 2. The summed E-state index contributed by atoms with van der Waals surface area (Å²) in [7, 11) is 1.58. The zero-order valence-corrected chi connectivity index (χ0v) is 23.0. The number of hydrogen-bond acceptors (Lipinski definition) is 7. The molecule has 0 unspecified atom stereocenters. The molecule has 3 rings (SSSR count). The Morgan fingerprint density at radius 1 is 1.08 bits per heavy atom. The smallest absolute Gasteiger partial charge is 0.224 e. The van der Waals surface area contributed by atoms with E-state index in [1.165, 1.54) is 0 Å². The Balaban J connectivity index is 1.92. The fourth-order valence-corrected chi connectivity index (χ4v) is 4.40. The minimum atomic E-state index is -0.375. The van der Waals surface area contributed by atoms with Gasteiger partial charge in [-0.1, -0.05) is 20.8 Å². The molecule has 1 heterocycles. The van der Waals surface area contributed by atoms with Crippen LogP contribution in [-0.2, 0) is 23.2 Å². The van der Waals surface area contributed by atoms with Crippen molar-refractivity contribution in [2.24, 2.45) is 0 Å². The van der Waals surface area contributed by atoms with E-state index in [9.17, 15) is 9.59 Å². The molecule has 9 nitrogen and oxygen atoms in total. The summed E-state index contributed by atoms with van der Waals surface area (Å²) in [5, 5.41) is 20.4. The van der Waals surface area contributed by atoms with Crippen LogP contribution in [0.3, 0.4) is 0 Å². The highest BCUT2D eigenvalue weighted by Crippen LogP contribution is 2.40. The van der Waals surface area contributed by atoms with Crippen LogP contribution in [0.15, 0.2) is 24.3 Å². The number of fused-ring (bicyclic) bond motifs is 1. The van der Waals surface area contributed by atoms with Crippen molar-refractivity contribution in [1.29, 1.82) is 10.7 Å². The lowest BCUT2D eigenvalue weighted by Crippen LogP contribution is -2.30. The minimum Gasteiger partial charge on any atom is -0.494 e. The molecule has 0 atom stereocenters. The molecule has 0 saturated carbocycles. The molecule has 9 heteroatoms. The number of benzene rings is 2. The first-order valence-electron chi connectivity index (χ1n) is 12.7. The largest absolute Gasteiger partial charge is 0.494 e. The number of rotatable bonds is 11. The zero-order valence-electron chi connectivity index (χ0n) is 23.0. The van der Waals surface area contributed by atoms with Crippen molar-refractivity contribution in [2.45, 2.75) is 53.0 Å². The van der Waals surface area contributed by atoms with Crippen molar-refractivity contribution in [3.05, 3.63) is 52.1 Å². The first-order valence-corrected chi connectivity index (χ1v) is 12.7. The van der Waals surface area contributed by atoms with Crippen LogP contribution in [0.5, 0.6) is 17.2 Å². The van der Waals surface area contributed by atoms with Crippen molar-refractivity contribution in [3.63, 3.8) is 0 Å². The number of carbonyl (C=O) groups is 2. The van der Waals surface area contributed by atoms with Gasteiger partial charge < -0.3 is 24.4 Å². The summed E-state index contributed by atoms with van der Waals surface area (Å²) in [6.45, 7) is 10.8. The number of amides is 1. The van der Waals surface area contributed by atoms with Gasteiger partial charge in [-0.2, -0.15) is 5.26 Å². The summed E-state index contributed by atoms with van der Waals surface area (Å²) >= 11 is 0. The molecule has 0 aliphatic carbocycles. The van der Waals surface area contributed by atoms with Gasteiger partial charge in [-0.3, -0.25) is 15.0 Å². The van der Waals surface area contributed by atoms with Gasteiger partial charge in [-0.15, -0.1) is 0 Å². The van der Waals surface area contributed by atoms with Crippen LogP contribution >= 0.6 is 0 Å². The van der Waals surface area contributed by atoms with E-state index in [0.29, 0.717) is 53.7 Å². The van der Waals surface area contributed by atoms with E-state index in [4.69, 9.17) is 24.9 Å². The molecular formula is C29H36N4O5. The first kappa shape index (κ1) is 28.5. The summed E-state index contributed by atoms with van der Waals surface area (Å²) < 4.78 is 17.3.